The molecule has 0 radical (unpaired) electrons. The maximum Gasteiger partial charge on any atom is 0.0601 e. The molecule has 0 aromatic carbocycles. The standard InChI is InChI=1S/C17H27N/c1-15(2)7-5-9-17-10-13-18(14-11-17)12-6-8-16(3)4/h15-17H,9-14H2,1-4H3. The lowest BCUT2D eigenvalue weighted by Gasteiger charge is -2.29. The van der Waals surface area contributed by atoms with Crippen molar-refractivity contribution in [1.29, 1.82) is 0 Å². The molecule has 0 unspecified atom stereocenters. The van der Waals surface area contributed by atoms with Crippen molar-refractivity contribution in [2.24, 2.45) is 17.8 Å². The summed E-state index contributed by atoms with van der Waals surface area (Å²) in [5, 5.41) is 0. The Bertz CT molecular complexity index is 301. The Hall–Kier alpha value is -0.920. The van der Waals surface area contributed by atoms with Crippen molar-refractivity contribution >= 4 is 0 Å². The Morgan fingerprint density at radius 3 is 2.06 bits per heavy atom. The van der Waals surface area contributed by atoms with Crippen molar-refractivity contribution < 1.29 is 0 Å². The number of nitrogens with zero attached hydrogens (tertiary/aromatic N) is 1. The van der Waals surface area contributed by atoms with E-state index in [4.69, 9.17) is 0 Å². The molecule has 1 heterocycles. The molecule has 1 aliphatic rings. The molecule has 100 valence electrons. The molecule has 18 heavy (non-hydrogen) atoms. The Balaban J connectivity index is 2.22. The fourth-order valence-electron chi connectivity index (χ4n) is 2.12. The summed E-state index contributed by atoms with van der Waals surface area (Å²) in [5.41, 5.74) is 0. The van der Waals surface area contributed by atoms with Crippen molar-refractivity contribution in [2.45, 2.75) is 47.0 Å². The summed E-state index contributed by atoms with van der Waals surface area (Å²) in [5.74, 6) is 14.9. The lowest BCUT2D eigenvalue weighted by Crippen LogP contribution is -2.33. The molecule has 0 spiro atoms. The average Bonchev–Trinajstić information content (AvgIpc) is 2.30. The SMILES string of the molecule is CC(C)C#CCC1CCN(CC#CC(C)C)CC1. The summed E-state index contributed by atoms with van der Waals surface area (Å²) >= 11 is 0. The van der Waals surface area contributed by atoms with E-state index in [1.165, 1.54) is 25.9 Å². The average molecular weight is 245 g/mol. The lowest BCUT2D eigenvalue weighted by molar-refractivity contribution is 0.205. The molecule has 0 aliphatic carbocycles. The van der Waals surface area contributed by atoms with Gasteiger partial charge in [-0.2, -0.15) is 0 Å². The van der Waals surface area contributed by atoms with Gasteiger partial charge in [0, 0.05) is 18.3 Å². The Morgan fingerprint density at radius 2 is 1.50 bits per heavy atom. The first-order valence-electron chi connectivity index (χ1n) is 7.27. The minimum Gasteiger partial charge on any atom is -0.292 e. The molecule has 1 rings (SSSR count). The Labute approximate surface area is 113 Å². The van der Waals surface area contributed by atoms with Gasteiger partial charge in [-0.15, -0.1) is 11.8 Å². The predicted molar refractivity (Wildman–Crippen MR) is 79.0 cm³/mol. The van der Waals surface area contributed by atoms with E-state index < -0.39 is 0 Å². The van der Waals surface area contributed by atoms with Crippen LogP contribution in [0.25, 0.3) is 0 Å². The van der Waals surface area contributed by atoms with E-state index in [1.807, 2.05) is 0 Å². The van der Waals surface area contributed by atoms with Crippen LogP contribution >= 0.6 is 0 Å². The lowest BCUT2D eigenvalue weighted by atomic mass is 9.93. The quantitative estimate of drug-likeness (QED) is 0.674. The molecule has 0 N–H and O–H groups in total. The summed E-state index contributed by atoms with van der Waals surface area (Å²) in [7, 11) is 0. The summed E-state index contributed by atoms with van der Waals surface area (Å²) in [6.07, 6.45) is 3.66. The second-order valence-corrected chi connectivity index (χ2v) is 5.88. The molecule has 0 saturated carbocycles. The molecule has 1 nitrogen and oxygen atoms in total. The minimum absolute atomic E-state index is 0.494. The number of piperidine rings is 1. The maximum atomic E-state index is 3.33. The first-order chi connectivity index (χ1) is 8.58. The van der Waals surface area contributed by atoms with E-state index in [0.717, 1.165) is 18.9 Å². The van der Waals surface area contributed by atoms with Gasteiger partial charge in [-0.1, -0.05) is 39.5 Å². The van der Waals surface area contributed by atoms with Gasteiger partial charge in [0.2, 0.25) is 0 Å². The first-order valence-corrected chi connectivity index (χ1v) is 7.27. The van der Waals surface area contributed by atoms with Crippen LogP contribution in [0.3, 0.4) is 0 Å². The van der Waals surface area contributed by atoms with Crippen molar-refractivity contribution in [2.75, 3.05) is 19.6 Å². The molecule has 0 atom stereocenters. The normalized spacial score (nSPS) is 17.2. The highest BCUT2D eigenvalue weighted by Crippen LogP contribution is 2.19. The van der Waals surface area contributed by atoms with Crippen molar-refractivity contribution in [3.63, 3.8) is 0 Å². The zero-order chi connectivity index (χ0) is 13.4. The highest BCUT2D eigenvalue weighted by molar-refractivity contribution is 5.05. The Kier molecular flexibility index (Phi) is 6.92. The molecule has 1 heteroatoms. The third-order valence-corrected chi connectivity index (χ3v) is 3.18. The monoisotopic (exact) mass is 245 g/mol. The fraction of sp³-hybridized carbons (Fsp3) is 0.765. The molecule has 0 aromatic rings. The van der Waals surface area contributed by atoms with Gasteiger partial charge in [0.05, 0.1) is 6.54 Å². The largest absolute Gasteiger partial charge is 0.292 e. The van der Waals surface area contributed by atoms with E-state index in [0.29, 0.717) is 11.8 Å². The maximum absolute atomic E-state index is 3.33. The molecule has 0 amide bonds. The van der Waals surface area contributed by atoms with Gasteiger partial charge in [-0.05, 0) is 31.8 Å². The zero-order valence-corrected chi connectivity index (χ0v) is 12.4. The van der Waals surface area contributed by atoms with E-state index in [9.17, 15) is 0 Å². The van der Waals surface area contributed by atoms with Crippen LogP contribution in [0.1, 0.15) is 47.0 Å². The molecular formula is C17H27N. The van der Waals surface area contributed by atoms with Gasteiger partial charge in [0.25, 0.3) is 0 Å². The molecule has 0 aromatic heterocycles. The van der Waals surface area contributed by atoms with E-state index in [2.05, 4.69) is 56.3 Å². The summed E-state index contributed by atoms with van der Waals surface area (Å²) in [6.45, 7) is 11.9. The van der Waals surface area contributed by atoms with Crippen LogP contribution in [0.15, 0.2) is 0 Å². The minimum atomic E-state index is 0.494. The number of hydrogen-bond donors (Lipinski definition) is 0. The summed E-state index contributed by atoms with van der Waals surface area (Å²) in [6, 6.07) is 0. The summed E-state index contributed by atoms with van der Waals surface area (Å²) in [4.78, 5) is 2.47. The number of rotatable bonds is 2. The van der Waals surface area contributed by atoms with Crippen LogP contribution in [-0.2, 0) is 0 Å². The zero-order valence-electron chi connectivity index (χ0n) is 12.4. The Morgan fingerprint density at radius 1 is 0.944 bits per heavy atom. The molecule has 0 bridgehead atoms. The number of hydrogen-bond acceptors (Lipinski definition) is 1. The van der Waals surface area contributed by atoms with Crippen LogP contribution in [-0.4, -0.2) is 24.5 Å². The third-order valence-electron chi connectivity index (χ3n) is 3.18. The third kappa shape index (κ3) is 6.73. The second-order valence-electron chi connectivity index (χ2n) is 5.88. The van der Waals surface area contributed by atoms with Crippen LogP contribution < -0.4 is 0 Å². The smallest absolute Gasteiger partial charge is 0.0601 e. The molecule has 1 saturated heterocycles. The molecular weight excluding hydrogens is 218 g/mol. The van der Waals surface area contributed by atoms with Crippen molar-refractivity contribution in [3.8, 4) is 23.7 Å². The van der Waals surface area contributed by atoms with Crippen LogP contribution in [0.2, 0.25) is 0 Å². The van der Waals surface area contributed by atoms with Gasteiger partial charge in [0.1, 0.15) is 0 Å². The van der Waals surface area contributed by atoms with Gasteiger partial charge >= 0.3 is 0 Å². The predicted octanol–water partition coefficient (Wildman–Crippen LogP) is 3.41. The van der Waals surface area contributed by atoms with E-state index >= 15 is 0 Å². The van der Waals surface area contributed by atoms with Gasteiger partial charge in [-0.3, -0.25) is 4.90 Å². The number of likely N-dealkylation sites (tertiary alicyclic amines) is 1. The molecule has 1 fully saturated rings. The second kappa shape index (κ2) is 8.23. The van der Waals surface area contributed by atoms with Gasteiger partial charge in [-0.25, -0.2) is 0 Å². The van der Waals surface area contributed by atoms with Crippen LogP contribution in [0, 0.1) is 41.4 Å². The summed E-state index contributed by atoms with van der Waals surface area (Å²) < 4.78 is 0. The van der Waals surface area contributed by atoms with Crippen LogP contribution in [0.5, 0.6) is 0 Å². The van der Waals surface area contributed by atoms with Crippen molar-refractivity contribution in [3.05, 3.63) is 0 Å². The van der Waals surface area contributed by atoms with Gasteiger partial charge in [0.15, 0.2) is 0 Å². The highest BCUT2D eigenvalue weighted by atomic mass is 15.1. The topological polar surface area (TPSA) is 3.24 Å². The van der Waals surface area contributed by atoms with E-state index in [-0.39, 0.29) is 0 Å². The first kappa shape index (κ1) is 15.1. The fourth-order valence-corrected chi connectivity index (χ4v) is 2.12. The van der Waals surface area contributed by atoms with Gasteiger partial charge < -0.3 is 0 Å². The highest BCUT2D eigenvalue weighted by Gasteiger charge is 2.17. The van der Waals surface area contributed by atoms with Crippen molar-refractivity contribution in [1.82, 2.24) is 4.90 Å². The van der Waals surface area contributed by atoms with Crippen LogP contribution in [0.4, 0.5) is 0 Å². The molecule has 1 aliphatic heterocycles. The van der Waals surface area contributed by atoms with E-state index in [1.54, 1.807) is 0 Å².